The van der Waals surface area contributed by atoms with E-state index in [4.69, 9.17) is 0 Å². The third-order valence-corrected chi connectivity index (χ3v) is 4.41. The van der Waals surface area contributed by atoms with Crippen LogP contribution in [0.3, 0.4) is 0 Å². The standard InChI is InChI=1S/C14H16F3N3OS/c1-9(13-19-10-5-3-4-6-11(10)22-13)20(2)7-12(21)18-8-14(15,16)17/h3-6,9H,7-8H2,1-2H3,(H,18,21)/t9-/m1/s1. The molecule has 0 aliphatic carbocycles. The van der Waals surface area contributed by atoms with E-state index in [1.165, 1.54) is 11.3 Å². The van der Waals surface area contributed by atoms with Crippen molar-refractivity contribution in [2.75, 3.05) is 20.1 Å². The van der Waals surface area contributed by atoms with Crippen LogP contribution in [0.1, 0.15) is 18.0 Å². The Bertz CT molecular complexity index is 623. The van der Waals surface area contributed by atoms with Crippen molar-refractivity contribution >= 4 is 27.5 Å². The fraction of sp³-hybridized carbons (Fsp3) is 0.429. The molecule has 1 aromatic carbocycles. The molecule has 1 atom stereocenters. The summed E-state index contributed by atoms with van der Waals surface area (Å²) in [5.41, 5.74) is 0.879. The fourth-order valence-electron chi connectivity index (χ4n) is 1.88. The number of benzene rings is 1. The number of carbonyl (C=O) groups excluding carboxylic acids is 1. The van der Waals surface area contributed by atoms with Crippen LogP contribution < -0.4 is 5.32 Å². The largest absolute Gasteiger partial charge is 0.405 e. The van der Waals surface area contributed by atoms with Crippen LogP contribution in [-0.2, 0) is 4.79 Å². The molecule has 0 spiro atoms. The molecule has 0 radical (unpaired) electrons. The maximum Gasteiger partial charge on any atom is 0.405 e. The quantitative estimate of drug-likeness (QED) is 0.916. The molecule has 0 fully saturated rings. The number of amides is 1. The van der Waals surface area contributed by atoms with Gasteiger partial charge in [0.1, 0.15) is 11.6 Å². The highest BCUT2D eigenvalue weighted by atomic mass is 32.1. The van der Waals surface area contributed by atoms with Gasteiger partial charge in [0, 0.05) is 0 Å². The van der Waals surface area contributed by atoms with E-state index in [9.17, 15) is 18.0 Å². The Morgan fingerprint density at radius 2 is 2.09 bits per heavy atom. The lowest BCUT2D eigenvalue weighted by Crippen LogP contribution is -2.40. The fourth-order valence-corrected chi connectivity index (χ4v) is 2.96. The van der Waals surface area contributed by atoms with Crippen molar-refractivity contribution < 1.29 is 18.0 Å². The number of nitrogens with zero attached hydrogens (tertiary/aromatic N) is 2. The van der Waals surface area contributed by atoms with Crippen molar-refractivity contribution in [2.45, 2.75) is 19.1 Å². The molecule has 0 saturated heterocycles. The van der Waals surface area contributed by atoms with Crippen LogP contribution in [-0.4, -0.2) is 42.1 Å². The summed E-state index contributed by atoms with van der Waals surface area (Å²) in [6.45, 7) is 0.442. The number of para-hydroxylation sites is 1. The number of fused-ring (bicyclic) bond motifs is 1. The third kappa shape index (κ3) is 4.41. The van der Waals surface area contributed by atoms with Crippen LogP contribution in [0.5, 0.6) is 0 Å². The summed E-state index contributed by atoms with van der Waals surface area (Å²) in [6.07, 6.45) is -4.40. The van der Waals surface area contributed by atoms with E-state index in [-0.39, 0.29) is 12.6 Å². The highest BCUT2D eigenvalue weighted by Gasteiger charge is 2.28. The third-order valence-electron chi connectivity index (χ3n) is 3.21. The maximum absolute atomic E-state index is 12.1. The van der Waals surface area contributed by atoms with Gasteiger partial charge in [-0.3, -0.25) is 9.69 Å². The second-order valence-corrected chi connectivity index (χ2v) is 6.07. The molecule has 2 rings (SSSR count). The monoisotopic (exact) mass is 331 g/mol. The zero-order chi connectivity index (χ0) is 16.3. The van der Waals surface area contributed by atoms with Gasteiger partial charge in [0.25, 0.3) is 0 Å². The molecule has 0 aliphatic heterocycles. The van der Waals surface area contributed by atoms with Crippen LogP contribution in [0, 0.1) is 0 Å². The summed E-state index contributed by atoms with van der Waals surface area (Å²) in [7, 11) is 1.68. The second-order valence-electron chi connectivity index (χ2n) is 5.00. The van der Waals surface area contributed by atoms with E-state index < -0.39 is 18.6 Å². The van der Waals surface area contributed by atoms with Gasteiger partial charge in [0.2, 0.25) is 5.91 Å². The number of hydrogen-bond acceptors (Lipinski definition) is 4. The number of carbonyl (C=O) groups is 1. The highest BCUT2D eigenvalue weighted by Crippen LogP contribution is 2.28. The first-order valence-corrected chi connectivity index (χ1v) is 7.47. The average Bonchev–Trinajstić information content (AvgIpc) is 2.87. The van der Waals surface area contributed by atoms with E-state index in [2.05, 4.69) is 4.98 Å². The van der Waals surface area contributed by atoms with Gasteiger partial charge < -0.3 is 5.32 Å². The highest BCUT2D eigenvalue weighted by molar-refractivity contribution is 7.18. The summed E-state index contributed by atoms with van der Waals surface area (Å²) in [5.74, 6) is -0.659. The van der Waals surface area contributed by atoms with Gasteiger partial charge in [-0.2, -0.15) is 13.2 Å². The van der Waals surface area contributed by atoms with Gasteiger partial charge in [-0.05, 0) is 26.1 Å². The van der Waals surface area contributed by atoms with E-state index in [0.29, 0.717) is 0 Å². The van der Waals surface area contributed by atoms with Gasteiger partial charge in [0.15, 0.2) is 0 Å². The number of aromatic nitrogens is 1. The molecule has 22 heavy (non-hydrogen) atoms. The Labute approximate surface area is 129 Å². The summed E-state index contributed by atoms with van der Waals surface area (Å²) in [6, 6.07) is 7.51. The summed E-state index contributed by atoms with van der Waals surface area (Å²) in [5, 5.41) is 2.69. The molecule has 2 aromatic rings. The topological polar surface area (TPSA) is 45.2 Å². The molecule has 0 aliphatic rings. The first kappa shape index (κ1) is 16.7. The molecule has 0 unspecified atom stereocenters. The molecular formula is C14H16F3N3OS. The number of likely N-dealkylation sites (N-methyl/N-ethyl adjacent to an activating group) is 1. The Kier molecular flexibility index (Phi) is 5.02. The Balaban J connectivity index is 1.96. The van der Waals surface area contributed by atoms with Crippen LogP contribution in [0.2, 0.25) is 0 Å². The zero-order valence-corrected chi connectivity index (χ0v) is 13.0. The number of thiazole rings is 1. The Morgan fingerprint density at radius 3 is 2.73 bits per heavy atom. The maximum atomic E-state index is 12.1. The van der Waals surface area contributed by atoms with Crippen molar-refractivity contribution in [3.8, 4) is 0 Å². The van der Waals surface area contributed by atoms with Gasteiger partial charge >= 0.3 is 6.18 Å². The van der Waals surface area contributed by atoms with Crippen LogP contribution in [0.15, 0.2) is 24.3 Å². The van der Waals surface area contributed by atoms with Crippen LogP contribution in [0.4, 0.5) is 13.2 Å². The van der Waals surface area contributed by atoms with Gasteiger partial charge in [-0.15, -0.1) is 11.3 Å². The molecular weight excluding hydrogens is 315 g/mol. The molecule has 1 heterocycles. The first-order valence-electron chi connectivity index (χ1n) is 6.65. The summed E-state index contributed by atoms with van der Waals surface area (Å²) >= 11 is 1.51. The molecule has 1 amide bonds. The van der Waals surface area contributed by atoms with E-state index in [1.807, 2.05) is 36.5 Å². The van der Waals surface area contributed by atoms with Crippen LogP contribution >= 0.6 is 11.3 Å². The smallest absolute Gasteiger partial charge is 0.346 e. The molecule has 0 saturated carbocycles. The molecule has 1 N–H and O–H groups in total. The SMILES string of the molecule is C[C@H](c1nc2ccccc2s1)N(C)CC(=O)NCC(F)(F)F. The minimum Gasteiger partial charge on any atom is -0.346 e. The number of nitrogens with one attached hydrogen (secondary N) is 1. The minimum atomic E-state index is -4.40. The molecule has 120 valence electrons. The minimum absolute atomic E-state index is 0.118. The predicted octanol–water partition coefficient (Wildman–Crippen LogP) is 2.97. The summed E-state index contributed by atoms with van der Waals surface area (Å²) < 4.78 is 37.2. The number of rotatable bonds is 5. The molecule has 4 nitrogen and oxygen atoms in total. The molecule has 0 bridgehead atoms. The first-order chi connectivity index (χ1) is 10.3. The second kappa shape index (κ2) is 6.62. The normalized spacial score (nSPS) is 13.5. The van der Waals surface area contributed by atoms with E-state index >= 15 is 0 Å². The van der Waals surface area contributed by atoms with Crippen LogP contribution in [0.25, 0.3) is 10.2 Å². The van der Waals surface area contributed by atoms with Crippen molar-refractivity contribution in [3.05, 3.63) is 29.3 Å². The Morgan fingerprint density at radius 1 is 1.41 bits per heavy atom. The van der Waals surface area contributed by atoms with Crippen molar-refractivity contribution in [1.29, 1.82) is 0 Å². The number of hydrogen-bond donors (Lipinski definition) is 1. The van der Waals surface area contributed by atoms with E-state index in [1.54, 1.807) is 11.9 Å². The summed E-state index contributed by atoms with van der Waals surface area (Å²) in [4.78, 5) is 17.7. The lowest BCUT2D eigenvalue weighted by atomic mass is 10.3. The molecule has 1 aromatic heterocycles. The van der Waals surface area contributed by atoms with Crippen molar-refractivity contribution in [2.24, 2.45) is 0 Å². The van der Waals surface area contributed by atoms with Crippen molar-refractivity contribution in [1.82, 2.24) is 15.2 Å². The predicted molar refractivity (Wildman–Crippen MR) is 79.7 cm³/mol. The van der Waals surface area contributed by atoms with Gasteiger partial charge in [-0.25, -0.2) is 4.98 Å². The van der Waals surface area contributed by atoms with Crippen molar-refractivity contribution in [3.63, 3.8) is 0 Å². The van der Waals surface area contributed by atoms with E-state index in [0.717, 1.165) is 15.2 Å². The number of alkyl halides is 3. The van der Waals surface area contributed by atoms with Gasteiger partial charge in [-0.1, -0.05) is 12.1 Å². The lowest BCUT2D eigenvalue weighted by Gasteiger charge is -2.22. The molecule has 8 heteroatoms. The average molecular weight is 331 g/mol. The zero-order valence-electron chi connectivity index (χ0n) is 12.1. The Hall–Kier alpha value is -1.67. The number of halogens is 3. The lowest BCUT2D eigenvalue weighted by molar-refractivity contribution is -0.139. The van der Waals surface area contributed by atoms with Gasteiger partial charge in [0.05, 0.1) is 22.8 Å².